The molecule has 6 heteroatoms. The zero-order valence-corrected chi connectivity index (χ0v) is 8.32. The Morgan fingerprint density at radius 1 is 1.54 bits per heavy atom. The minimum absolute atomic E-state index is 0. The third-order valence-corrected chi connectivity index (χ3v) is 3.35. The van der Waals surface area contributed by atoms with Gasteiger partial charge in [0, 0.05) is 0 Å². The van der Waals surface area contributed by atoms with Crippen LogP contribution in [0.5, 0.6) is 5.06 Å². The Balaban J connectivity index is 0.00000144. The Morgan fingerprint density at radius 3 is 2.69 bits per heavy atom. The fraction of sp³-hybridized carbons (Fsp3) is 0.429. The third-order valence-electron chi connectivity index (χ3n) is 1.16. The van der Waals surface area contributed by atoms with Gasteiger partial charge in [-0.1, -0.05) is 6.92 Å². The molecule has 0 aromatic carbocycles. The van der Waals surface area contributed by atoms with Crippen molar-refractivity contribution in [1.82, 2.24) is 0 Å². The molecular weight excluding hydrogens is 219 g/mol. The van der Waals surface area contributed by atoms with E-state index in [4.69, 9.17) is 4.18 Å². The topological polar surface area (TPSA) is 43.4 Å². The summed E-state index contributed by atoms with van der Waals surface area (Å²) < 4.78 is 26.9. The molecular formula is C7H11NaO3S2. The molecule has 70 valence electrons. The summed E-state index contributed by atoms with van der Waals surface area (Å²) in [5.74, 6) is 0.0743. The van der Waals surface area contributed by atoms with Crippen molar-refractivity contribution in [2.24, 2.45) is 0 Å². The van der Waals surface area contributed by atoms with Gasteiger partial charge >= 0.3 is 39.7 Å². The summed E-state index contributed by atoms with van der Waals surface area (Å²) in [7, 11) is -3.34. The van der Waals surface area contributed by atoms with Crippen LogP contribution in [0.15, 0.2) is 17.5 Å². The van der Waals surface area contributed by atoms with Crippen LogP contribution in [-0.2, 0) is 10.1 Å². The van der Waals surface area contributed by atoms with Crippen LogP contribution < -0.4 is 4.18 Å². The predicted octanol–water partition coefficient (Wildman–Crippen LogP) is 1.22. The van der Waals surface area contributed by atoms with Gasteiger partial charge in [-0.3, -0.25) is 0 Å². The number of rotatable bonds is 4. The summed E-state index contributed by atoms with van der Waals surface area (Å²) in [5, 5.41) is 2.21. The molecule has 0 atom stereocenters. The van der Waals surface area contributed by atoms with Crippen LogP contribution in [0.1, 0.15) is 13.3 Å². The maximum absolute atomic E-state index is 11.1. The first-order chi connectivity index (χ1) is 5.64. The van der Waals surface area contributed by atoms with Gasteiger partial charge in [0.1, 0.15) is 0 Å². The van der Waals surface area contributed by atoms with Gasteiger partial charge in [-0.25, -0.2) is 0 Å². The molecule has 13 heavy (non-hydrogen) atoms. The molecule has 0 amide bonds. The minimum atomic E-state index is -3.34. The second-order valence-electron chi connectivity index (χ2n) is 2.28. The molecule has 3 nitrogen and oxygen atoms in total. The van der Waals surface area contributed by atoms with Gasteiger partial charge < -0.3 is 4.18 Å². The molecule has 0 radical (unpaired) electrons. The number of hydrogen-bond donors (Lipinski definition) is 0. The van der Waals surface area contributed by atoms with E-state index in [-0.39, 0.29) is 35.3 Å². The predicted molar refractivity (Wildman–Crippen MR) is 56.2 cm³/mol. The third kappa shape index (κ3) is 5.02. The Labute approximate surface area is 105 Å². The van der Waals surface area contributed by atoms with E-state index >= 15 is 0 Å². The number of hydrogen-bond acceptors (Lipinski definition) is 4. The van der Waals surface area contributed by atoms with Crippen LogP contribution in [0.2, 0.25) is 0 Å². The quantitative estimate of drug-likeness (QED) is 0.577. The summed E-state index contributed by atoms with van der Waals surface area (Å²) in [6, 6.07) is 3.39. The summed E-state index contributed by atoms with van der Waals surface area (Å²) in [5.41, 5.74) is 0. The van der Waals surface area contributed by atoms with Crippen molar-refractivity contribution < 1.29 is 12.6 Å². The van der Waals surface area contributed by atoms with Gasteiger partial charge in [-0.15, -0.1) is 11.3 Å². The molecule has 0 aliphatic heterocycles. The van der Waals surface area contributed by atoms with Crippen molar-refractivity contribution in [2.75, 3.05) is 5.75 Å². The van der Waals surface area contributed by atoms with E-state index in [0.717, 1.165) is 0 Å². The van der Waals surface area contributed by atoms with Gasteiger partial charge in [0.25, 0.3) is 0 Å². The molecule has 0 spiro atoms. The van der Waals surface area contributed by atoms with E-state index in [2.05, 4.69) is 0 Å². The molecule has 1 rings (SSSR count). The average Bonchev–Trinajstić information content (AvgIpc) is 2.38. The molecule has 1 aromatic rings. The van der Waals surface area contributed by atoms with Crippen LogP contribution in [0.3, 0.4) is 0 Å². The first-order valence-corrected chi connectivity index (χ1v) is 6.05. The first kappa shape index (κ1) is 13.4. The SMILES string of the molecule is CCCS(=O)(=O)Oc1cccs1.[NaH]. The van der Waals surface area contributed by atoms with Crippen molar-refractivity contribution in [3.05, 3.63) is 17.5 Å². The van der Waals surface area contributed by atoms with Crippen molar-refractivity contribution in [2.45, 2.75) is 13.3 Å². The van der Waals surface area contributed by atoms with Gasteiger partial charge in [-0.05, 0) is 23.9 Å². The molecule has 1 aromatic heterocycles. The van der Waals surface area contributed by atoms with Crippen LogP contribution in [0, 0.1) is 0 Å². The molecule has 0 aliphatic rings. The average molecular weight is 230 g/mol. The summed E-state index contributed by atoms with van der Waals surface area (Å²) in [4.78, 5) is 0. The zero-order valence-electron chi connectivity index (χ0n) is 6.69. The molecule has 0 saturated heterocycles. The van der Waals surface area contributed by atoms with Gasteiger partial charge in [0.2, 0.25) is 0 Å². The molecule has 0 saturated carbocycles. The van der Waals surface area contributed by atoms with E-state index in [0.29, 0.717) is 11.5 Å². The fourth-order valence-corrected chi connectivity index (χ4v) is 2.53. The molecule has 0 N–H and O–H groups in total. The summed E-state index contributed by atoms with van der Waals surface area (Å²) >= 11 is 1.27. The van der Waals surface area contributed by atoms with E-state index < -0.39 is 10.1 Å². The molecule has 0 unspecified atom stereocenters. The monoisotopic (exact) mass is 230 g/mol. The maximum atomic E-state index is 11.1. The number of thiophene rings is 1. The van der Waals surface area contributed by atoms with Gasteiger partial charge in [-0.2, -0.15) is 8.42 Å². The second-order valence-corrected chi connectivity index (χ2v) is 4.88. The van der Waals surface area contributed by atoms with E-state index in [1.165, 1.54) is 11.3 Å². The van der Waals surface area contributed by atoms with Crippen LogP contribution >= 0.6 is 11.3 Å². The first-order valence-electron chi connectivity index (χ1n) is 3.60. The van der Waals surface area contributed by atoms with Crippen LogP contribution in [-0.4, -0.2) is 43.7 Å². The summed E-state index contributed by atoms with van der Waals surface area (Å²) in [6.07, 6.45) is 0.577. The van der Waals surface area contributed by atoms with E-state index in [1.54, 1.807) is 24.4 Å². The molecule has 0 fully saturated rings. The van der Waals surface area contributed by atoms with Crippen molar-refractivity contribution in [1.29, 1.82) is 0 Å². The molecule has 0 aliphatic carbocycles. The van der Waals surface area contributed by atoms with Crippen molar-refractivity contribution in [3.63, 3.8) is 0 Å². The molecule has 0 bridgehead atoms. The molecule has 1 heterocycles. The van der Waals surface area contributed by atoms with Crippen LogP contribution in [0.4, 0.5) is 0 Å². The Morgan fingerprint density at radius 2 is 2.23 bits per heavy atom. The van der Waals surface area contributed by atoms with E-state index in [1.807, 2.05) is 0 Å². The van der Waals surface area contributed by atoms with Gasteiger partial charge in [0.15, 0.2) is 5.06 Å². The Kier molecular flexibility index (Phi) is 6.24. The standard InChI is InChI=1S/C7H10O3S2.Na.H/c1-2-6-12(8,9)10-7-4-3-5-11-7;;/h3-5H,2,6H2,1H3;;. The fourth-order valence-electron chi connectivity index (χ4n) is 0.728. The normalized spacial score (nSPS) is 10.5. The zero-order chi connectivity index (χ0) is 9.03. The Bertz CT molecular complexity index is 318. The summed E-state index contributed by atoms with van der Waals surface area (Å²) in [6.45, 7) is 1.80. The second kappa shape index (κ2) is 6.03. The van der Waals surface area contributed by atoms with Gasteiger partial charge in [0.05, 0.1) is 5.75 Å². The van der Waals surface area contributed by atoms with E-state index in [9.17, 15) is 8.42 Å². The van der Waals surface area contributed by atoms with Crippen molar-refractivity contribution >= 4 is 51.0 Å². The van der Waals surface area contributed by atoms with Crippen molar-refractivity contribution in [3.8, 4) is 5.06 Å². The van der Waals surface area contributed by atoms with Crippen LogP contribution in [0.25, 0.3) is 0 Å². The Hall–Kier alpha value is 0.450.